The zero-order chi connectivity index (χ0) is 8.93. The molecular formula is C13H11Au. The Morgan fingerprint density at radius 3 is 1.29 bits per heavy atom. The molecule has 0 N–H and O–H groups in total. The van der Waals surface area contributed by atoms with Crippen LogP contribution in [0.5, 0.6) is 0 Å². The van der Waals surface area contributed by atoms with Crippen LogP contribution in [0.2, 0.25) is 0 Å². The summed E-state index contributed by atoms with van der Waals surface area (Å²) < 4.78 is 0. The van der Waals surface area contributed by atoms with Crippen LogP contribution in [0.25, 0.3) is 0 Å². The summed E-state index contributed by atoms with van der Waals surface area (Å²) in [5, 5.41) is 0. The van der Waals surface area contributed by atoms with E-state index in [-0.39, 0.29) is 22.4 Å². The van der Waals surface area contributed by atoms with Gasteiger partial charge in [0.1, 0.15) is 0 Å². The first-order valence-electron chi connectivity index (χ1n) is 4.40. The molecule has 0 aromatic heterocycles. The van der Waals surface area contributed by atoms with Crippen LogP contribution in [-0.2, 0) is 22.4 Å². The molecular weight excluding hydrogens is 353 g/mol. The Kier molecular flexibility index (Phi) is 4.54. The first kappa shape index (κ1) is 11.1. The van der Waals surface area contributed by atoms with E-state index in [9.17, 15) is 0 Å². The summed E-state index contributed by atoms with van der Waals surface area (Å²) in [6.45, 7) is 0. The van der Waals surface area contributed by atoms with E-state index in [2.05, 4.69) is 55.0 Å². The maximum Gasteiger partial charge on any atom is 1.00 e. The Balaban J connectivity index is 0.000000980. The maximum atomic E-state index is 2.17. The Bertz CT molecular complexity index is 316. The Hall–Kier alpha value is -0.950. The summed E-state index contributed by atoms with van der Waals surface area (Å²) in [5.41, 5.74) is 2.49. The molecule has 0 spiro atoms. The van der Waals surface area contributed by atoms with Gasteiger partial charge in [0.05, 0.1) is 0 Å². The third-order valence-corrected chi connectivity index (χ3v) is 1.93. The molecule has 74 valence electrons. The van der Waals surface area contributed by atoms with E-state index in [1.807, 2.05) is 12.1 Å². The number of hydrogen-bond donors (Lipinski definition) is 0. The van der Waals surface area contributed by atoms with Crippen molar-refractivity contribution in [3.05, 3.63) is 78.2 Å². The largest absolute Gasteiger partial charge is 1.00 e. The third-order valence-electron chi connectivity index (χ3n) is 1.93. The molecule has 2 aromatic carbocycles. The standard InChI is InChI=1S/C13H11.Au/c1-3-7-12(8-4-1)11-13-9-5-2-6-10-13;/h1-11H;/q-1;+1. The number of rotatable bonds is 2. The van der Waals surface area contributed by atoms with Crippen LogP contribution >= 0.6 is 0 Å². The van der Waals surface area contributed by atoms with Crippen molar-refractivity contribution >= 4 is 0 Å². The molecule has 0 bridgehead atoms. The maximum absolute atomic E-state index is 2.17. The minimum absolute atomic E-state index is 0. The monoisotopic (exact) mass is 364 g/mol. The van der Waals surface area contributed by atoms with Crippen LogP contribution in [0.1, 0.15) is 11.1 Å². The molecule has 0 heterocycles. The van der Waals surface area contributed by atoms with Crippen molar-refractivity contribution in [3.8, 4) is 0 Å². The SMILES string of the molecule is [Au+].c1ccc([CH-]c2ccccc2)cc1. The van der Waals surface area contributed by atoms with Gasteiger partial charge in [-0.2, -0.15) is 0 Å². The molecule has 0 unspecified atom stereocenters. The summed E-state index contributed by atoms with van der Waals surface area (Å²) >= 11 is 0. The van der Waals surface area contributed by atoms with Gasteiger partial charge in [0.15, 0.2) is 0 Å². The van der Waals surface area contributed by atoms with Crippen molar-refractivity contribution in [1.82, 2.24) is 0 Å². The van der Waals surface area contributed by atoms with Gasteiger partial charge in [0, 0.05) is 0 Å². The van der Waals surface area contributed by atoms with Gasteiger partial charge in [0.25, 0.3) is 0 Å². The molecule has 2 rings (SSSR count). The minimum atomic E-state index is 0. The molecule has 1 heteroatoms. The first-order valence-corrected chi connectivity index (χ1v) is 4.40. The van der Waals surface area contributed by atoms with E-state index in [1.165, 1.54) is 11.1 Å². The van der Waals surface area contributed by atoms with Crippen molar-refractivity contribution in [1.29, 1.82) is 0 Å². The minimum Gasteiger partial charge on any atom is -0.126 e. The van der Waals surface area contributed by atoms with Crippen LogP contribution in [0.15, 0.2) is 60.7 Å². The average Bonchev–Trinajstić information content (AvgIpc) is 2.21. The Morgan fingerprint density at radius 1 is 0.571 bits per heavy atom. The third kappa shape index (κ3) is 3.08. The van der Waals surface area contributed by atoms with Crippen molar-refractivity contribution in [2.45, 2.75) is 0 Å². The van der Waals surface area contributed by atoms with Gasteiger partial charge in [0.2, 0.25) is 0 Å². The van der Waals surface area contributed by atoms with Gasteiger partial charge in [-0.25, -0.2) is 0 Å². The fourth-order valence-corrected chi connectivity index (χ4v) is 1.29. The fourth-order valence-electron chi connectivity index (χ4n) is 1.29. The van der Waals surface area contributed by atoms with Crippen molar-refractivity contribution in [3.63, 3.8) is 0 Å². The van der Waals surface area contributed by atoms with Gasteiger partial charge in [-0.1, -0.05) is 36.4 Å². The predicted octanol–water partition coefficient (Wildman–Crippen LogP) is 3.28. The Labute approximate surface area is 100 Å². The van der Waals surface area contributed by atoms with Gasteiger partial charge >= 0.3 is 22.4 Å². The molecule has 0 aliphatic carbocycles. The molecule has 0 atom stereocenters. The summed E-state index contributed by atoms with van der Waals surface area (Å²) in [6.07, 6.45) is 2.17. The molecule has 0 amide bonds. The van der Waals surface area contributed by atoms with E-state index < -0.39 is 0 Å². The second-order valence-electron chi connectivity index (χ2n) is 2.97. The van der Waals surface area contributed by atoms with E-state index in [0.29, 0.717) is 0 Å². The van der Waals surface area contributed by atoms with Gasteiger partial charge in [-0.3, -0.25) is 0 Å². The zero-order valence-corrected chi connectivity index (χ0v) is 9.82. The van der Waals surface area contributed by atoms with Crippen LogP contribution in [0.3, 0.4) is 0 Å². The van der Waals surface area contributed by atoms with Crippen molar-refractivity contribution < 1.29 is 22.4 Å². The zero-order valence-electron chi connectivity index (χ0n) is 7.65. The number of benzene rings is 2. The topological polar surface area (TPSA) is 0 Å². The summed E-state index contributed by atoms with van der Waals surface area (Å²) in [5.74, 6) is 0. The summed E-state index contributed by atoms with van der Waals surface area (Å²) in [6, 6.07) is 20.7. The summed E-state index contributed by atoms with van der Waals surface area (Å²) in [4.78, 5) is 0. The van der Waals surface area contributed by atoms with E-state index in [1.54, 1.807) is 0 Å². The first-order chi connectivity index (χ1) is 6.45. The molecule has 0 saturated heterocycles. The van der Waals surface area contributed by atoms with Crippen LogP contribution in [-0.4, -0.2) is 0 Å². The fraction of sp³-hybridized carbons (Fsp3) is 0. The van der Waals surface area contributed by atoms with Crippen molar-refractivity contribution in [2.24, 2.45) is 0 Å². The summed E-state index contributed by atoms with van der Waals surface area (Å²) in [7, 11) is 0. The quantitative estimate of drug-likeness (QED) is 0.567. The second kappa shape index (κ2) is 5.71. The molecule has 14 heavy (non-hydrogen) atoms. The molecule has 0 fully saturated rings. The van der Waals surface area contributed by atoms with Crippen LogP contribution < -0.4 is 0 Å². The van der Waals surface area contributed by atoms with E-state index >= 15 is 0 Å². The number of hydrogen-bond acceptors (Lipinski definition) is 0. The van der Waals surface area contributed by atoms with Crippen LogP contribution in [0.4, 0.5) is 0 Å². The molecule has 0 aliphatic heterocycles. The van der Waals surface area contributed by atoms with E-state index in [0.717, 1.165) is 0 Å². The van der Waals surface area contributed by atoms with Gasteiger partial charge in [-0.05, 0) is 0 Å². The predicted molar refractivity (Wildman–Crippen MR) is 55.4 cm³/mol. The molecule has 2 aromatic rings. The smallest absolute Gasteiger partial charge is 0.126 e. The average molecular weight is 364 g/mol. The van der Waals surface area contributed by atoms with Crippen molar-refractivity contribution in [2.75, 3.05) is 0 Å². The normalized spacial score (nSPS) is 8.86. The Morgan fingerprint density at radius 2 is 0.929 bits per heavy atom. The van der Waals surface area contributed by atoms with Gasteiger partial charge < -0.3 is 0 Å². The molecule has 0 nitrogen and oxygen atoms in total. The molecule has 0 saturated carbocycles. The van der Waals surface area contributed by atoms with Crippen LogP contribution in [0, 0.1) is 6.42 Å². The second-order valence-corrected chi connectivity index (χ2v) is 2.97. The molecule has 0 aliphatic rings. The molecule has 0 radical (unpaired) electrons. The van der Waals surface area contributed by atoms with E-state index in [4.69, 9.17) is 0 Å². The van der Waals surface area contributed by atoms with Gasteiger partial charge in [-0.15, -0.1) is 41.8 Å².